The molecule has 0 saturated carbocycles. The van der Waals surface area contributed by atoms with Crippen LogP contribution in [0.3, 0.4) is 0 Å². The summed E-state index contributed by atoms with van der Waals surface area (Å²) in [6, 6.07) is 17.4. The summed E-state index contributed by atoms with van der Waals surface area (Å²) in [5, 5.41) is 0. The standard InChI is InChI=1S/C31H28F6N2S2/c1-38(2)20-12-8-18(9-13-20)26-16-24(28(40-26)30(32,33)34)22-6-5-7-23(22)25-17-27(41-29(25)31(35,36)37)19-10-14-21(15-11-19)39(3)4/h8-17H,5-7H2,1-4H3. The average molecular weight is 607 g/mol. The van der Waals surface area contributed by atoms with Gasteiger partial charge in [-0.05, 0) is 77.9 Å². The molecule has 5 rings (SSSR count). The summed E-state index contributed by atoms with van der Waals surface area (Å²) in [7, 11) is 7.49. The van der Waals surface area contributed by atoms with E-state index in [1.54, 1.807) is 24.3 Å². The second kappa shape index (κ2) is 10.9. The van der Waals surface area contributed by atoms with Crippen LogP contribution >= 0.6 is 22.7 Å². The summed E-state index contributed by atoms with van der Waals surface area (Å²) < 4.78 is 85.9. The highest BCUT2D eigenvalue weighted by atomic mass is 32.1. The number of halogens is 6. The SMILES string of the molecule is CN(C)c1ccc(-c2cc(C3=C(c4cc(-c5ccc(N(C)C)cc5)sc4C(F)(F)F)CCC3)c(C(F)(F)F)s2)cc1. The van der Waals surface area contributed by atoms with Gasteiger partial charge in [0.05, 0.1) is 0 Å². The van der Waals surface area contributed by atoms with Crippen molar-refractivity contribution in [3.8, 4) is 20.9 Å². The molecular weight excluding hydrogens is 578 g/mol. The molecule has 0 saturated heterocycles. The lowest BCUT2D eigenvalue weighted by molar-refractivity contribution is -0.135. The van der Waals surface area contributed by atoms with Gasteiger partial charge in [-0.2, -0.15) is 26.3 Å². The van der Waals surface area contributed by atoms with Crippen LogP contribution < -0.4 is 9.80 Å². The molecule has 0 aliphatic heterocycles. The van der Waals surface area contributed by atoms with E-state index in [1.165, 1.54) is 12.1 Å². The Bertz CT molecular complexity index is 1450. The maximum atomic E-state index is 14.3. The molecule has 4 aromatic rings. The highest BCUT2D eigenvalue weighted by Crippen LogP contribution is 2.52. The first kappa shape index (κ1) is 29.3. The molecule has 2 nitrogen and oxygen atoms in total. The summed E-state index contributed by atoms with van der Waals surface area (Å²) in [5.74, 6) is 0. The van der Waals surface area contributed by atoms with Crippen molar-refractivity contribution >= 4 is 45.2 Å². The lowest BCUT2D eigenvalue weighted by Gasteiger charge is -2.13. The fraction of sp³-hybridized carbons (Fsp3) is 0.290. The highest BCUT2D eigenvalue weighted by molar-refractivity contribution is 7.16. The third-order valence-corrected chi connectivity index (χ3v) is 9.64. The van der Waals surface area contributed by atoms with E-state index in [2.05, 4.69) is 0 Å². The van der Waals surface area contributed by atoms with E-state index in [9.17, 15) is 26.3 Å². The molecule has 41 heavy (non-hydrogen) atoms. The van der Waals surface area contributed by atoms with Gasteiger partial charge in [-0.3, -0.25) is 0 Å². The Morgan fingerprint density at radius 3 is 1.20 bits per heavy atom. The monoisotopic (exact) mass is 606 g/mol. The molecule has 0 fully saturated rings. The fourth-order valence-electron chi connectivity index (χ4n) is 5.12. The smallest absolute Gasteiger partial charge is 0.378 e. The van der Waals surface area contributed by atoms with Crippen LogP contribution in [-0.4, -0.2) is 28.2 Å². The Morgan fingerprint density at radius 1 is 0.561 bits per heavy atom. The third kappa shape index (κ3) is 5.90. The molecule has 0 radical (unpaired) electrons. The Hall–Kier alpha value is -3.24. The number of alkyl halides is 6. The molecule has 0 amide bonds. The first-order valence-corrected chi connectivity index (χ1v) is 14.6. The predicted molar refractivity (Wildman–Crippen MR) is 159 cm³/mol. The number of hydrogen-bond acceptors (Lipinski definition) is 4. The summed E-state index contributed by atoms with van der Waals surface area (Å²) >= 11 is 1.27. The number of nitrogens with zero attached hydrogens (tertiary/aromatic N) is 2. The van der Waals surface area contributed by atoms with Gasteiger partial charge in [0.1, 0.15) is 9.75 Å². The van der Waals surface area contributed by atoms with Gasteiger partial charge < -0.3 is 9.80 Å². The van der Waals surface area contributed by atoms with E-state index in [0.29, 0.717) is 61.1 Å². The minimum Gasteiger partial charge on any atom is -0.378 e. The Labute approximate surface area is 243 Å². The van der Waals surface area contributed by atoms with Crippen LogP contribution in [0.4, 0.5) is 37.7 Å². The van der Waals surface area contributed by atoms with Crippen LogP contribution in [0.25, 0.3) is 32.0 Å². The van der Waals surface area contributed by atoms with Gasteiger partial charge >= 0.3 is 12.4 Å². The summed E-state index contributed by atoms with van der Waals surface area (Å²) in [5.41, 5.74) is 3.75. The van der Waals surface area contributed by atoms with Gasteiger partial charge in [0.15, 0.2) is 0 Å². The van der Waals surface area contributed by atoms with Crippen LogP contribution in [0.2, 0.25) is 0 Å². The van der Waals surface area contributed by atoms with E-state index in [-0.39, 0.29) is 24.0 Å². The molecule has 0 unspecified atom stereocenters. The van der Waals surface area contributed by atoms with Gasteiger partial charge in [-0.1, -0.05) is 24.3 Å². The number of allylic oxidation sites excluding steroid dienone is 2. The molecule has 0 atom stereocenters. The number of rotatable bonds is 6. The number of hydrogen-bond donors (Lipinski definition) is 0. The van der Waals surface area contributed by atoms with Crippen molar-refractivity contribution in [3.05, 3.63) is 81.5 Å². The Morgan fingerprint density at radius 2 is 0.902 bits per heavy atom. The first-order valence-electron chi connectivity index (χ1n) is 12.9. The fourth-order valence-corrected chi connectivity index (χ4v) is 7.24. The van der Waals surface area contributed by atoms with Crippen LogP contribution in [0.1, 0.15) is 40.1 Å². The molecule has 2 aromatic heterocycles. The highest BCUT2D eigenvalue weighted by Gasteiger charge is 2.41. The first-order chi connectivity index (χ1) is 19.2. The molecule has 0 spiro atoms. The van der Waals surface area contributed by atoms with Gasteiger partial charge in [-0.15, -0.1) is 22.7 Å². The number of anilines is 2. The summed E-state index contributed by atoms with van der Waals surface area (Å²) in [6.45, 7) is 0. The molecule has 2 aromatic carbocycles. The van der Waals surface area contributed by atoms with E-state index >= 15 is 0 Å². The van der Waals surface area contributed by atoms with E-state index in [1.807, 2.05) is 62.3 Å². The maximum Gasteiger partial charge on any atom is 0.426 e. The van der Waals surface area contributed by atoms with Gasteiger partial charge in [-0.25, -0.2) is 0 Å². The normalized spacial score (nSPS) is 14.2. The lowest BCUT2D eigenvalue weighted by atomic mass is 9.96. The van der Waals surface area contributed by atoms with Crippen molar-refractivity contribution in [3.63, 3.8) is 0 Å². The zero-order valence-electron chi connectivity index (χ0n) is 22.9. The topological polar surface area (TPSA) is 6.48 Å². The second-order valence-corrected chi connectivity index (χ2v) is 12.5. The molecule has 2 heterocycles. The largest absolute Gasteiger partial charge is 0.426 e. The minimum atomic E-state index is -4.64. The van der Waals surface area contributed by atoms with E-state index < -0.39 is 22.1 Å². The minimum absolute atomic E-state index is 0.0158. The third-order valence-electron chi connectivity index (χ3n) is 7.18. The predicted octanol–water partition coefficient (Wildman–Crippen LogP) is 10.4. The van der Waals surface area contributed by atoms with Crippen molar-refractivity contribution in [2.24, 2.45) is 0 Å². The zero-order valence-corrected chi connectivity index (χ0v) is 24.5. The Kier molecular flexibility index (Phi) is 7.76. The van der Waals surface area contributed by atoms with Gasteiger partial charge in [0.2, 0.25) is 0 Å². The van der Waals surface area contributed by atoms with Crippen LogP contribution in [0.5, 0.6) is 0 Å². The summed E-state index contributed by atoms with van der Waals surface area (Å²) in [6.07, 6.45) is -8.21. The van der Waals surface area contributed by atoms with Crippen LogP contribution in [-0.2, 0) is 12.4 Å². The van der Waals surface area contributed by atoms with Crippen LogP contribution in [0.15, 0.2) is 60.7 Å². The maximum absolute atomic E-state index is 14.3. The molecule has 0 N–H and O–H groups in total. The molecular formula is C31H28F6N2S2. The average Bonchev–Trinajstić information content (AvgIpc) is 3.66. The molecule has 1 aliphatic rings. The van der Waals surface area contributed by atoms with Gasteiger partial charge in [0.25, 0.3) is 0 Å². The Balaban J connectivity index is 1.64. The molecule has 0 bridgehead atoms. The lowest BCUT2D eigenvalue weighted by Crippen LogP contribution is -2.07. The molecule has 216 valence electrons. The summed E-state index contributed by atoms with van der Waals surface area (Å²) in [4.78, 5) is 3.09. The van der Waals surface area contributed by atoms with Gasteiger partial charge in [0, 0.05) is 60.4 Å². The van der Waals surface area contributed by atoms with E-state index in [0.717, 1.165) is 11.4 Å². The quantitative estimate of drug-likeness (QED) is 0.202. The number of thiophene rings is 2. The van der Waals surface area contributed by atoms with Crippen molar-refractivity contribution in [1.82, 2.24) is 0 Å². The second-order valence-electron chi connectivity index (χ2n) is 10.4. The molecule has 10 heteroatoms. The van der Waals surface area contributed by atoms with E-state index in [4.69, 9.17) is 0 Å². The van der Waals surface area contributed by atoms with Crippen molar-refractivity contribution in [2.75, 3.05) is 38.0 Å². The number of benzene rings is 2. The van der Waals surface area contributed by atoms with Crippen molar-refractivity contribution in [2.45, 2.75) is 31.6 Å². The molecule has 1 aliphatic carbocycles. The van der Waals surface area contributed by atoms with Crippen molar-refractivity contribution < 1.29 is 26.3 Å². The van der Waals surface area contributed by atoms with Crippen molar-refractivity contribution in [1.29, 1.82) is 0 Å². The van der Waals surface area contributed by atoms with Crippen LogP contribution in [0, 0.1) is 0 Å². The zero-order chi connectivity index (χ0) is 29.7.